The molecule has 160 valence electrons. The summed E-state index contributed by atoms with van der Waals surface area (Å²) in [6, 6.07) is 14.7. The van der Waals surface area contributed by atoms with Crippen LogP contribution in [0.15, 0.2) is 53.4 Å². The van der Waals surface area contributed by atoms with E-state index >= 15 is 0 Å². The Morgan fingerprint density at radius 2 is 1.87 bits per heavy atom. The molecule has 1 amide bonds. The lowest BCUT2D eigenvalue weighted by Gasteiger charge is -2.28. The Labute approximate surface area is 186 Å². The zero-order valence-corrected chi connectivity index (χ0v) is 18.3. The van der Waals surface area contributed by atoms with Crippen LogP contribution in [0.25, 0.3) is 5.69 Å². The highest BCUT2D eigenvalue weighted by atomic mass is 32.1. The van der Waals surface area contributed by atoms with Crippen molar-refractivity contribution in [3.63, 3.8) is 0 Å². The van der Waals surface area contributed by atoms with Gasteiger partial charge in [0.25, 0.3) is 5.91 Å². The van der Waals surface area contributed by atoms with E-state index in [1.165, 1.54) is 0 Å². The monoisotopic (exact) mass is 437 g/mol. The summed E-state index contributed by atoms with van der Waals surface area (Å²) >= 11 is 4.41. The average Bonchev–Trinajstić information content (AvgIpc) is 3.18. The standard InChI is InChI=1S/C23H23N3O4S/c1-3-30-23(28)21-18-14-25(22(27)17-6-4-5-7-20(17)31)13-12-19(18)26(24-21)15-8-10-16(29-2)11-9-15/h4-11,31H,3,12-14H2,1-2H3. The predicted molar refractivity (Wildman–Crippen MR) is 118 cm³/mol. The Morgan fingerprint density at radius 1 is 1.13 bits per heavy atom. The molecular formula is C23H23N3O4S. The molecular weight excluding hydrogens is 414 g/mol. The molecule has 31 heavy (non-hydrogen) atoms. The first-order valence-electron chi connectivity index (χ1n) is 10.0. The first-order valence-corrected chi connectivity index (χ1v) is 10.5. The Hall–Kier alpha value is -3.26. The van der Waals surface area contributed by atoms with Crippen molar-refractivity contribution in [1.29, 1.82) is 0 Å². The van der Waals surface area contributed by atoms with E-state index in [-0.39, 0.29) is 24.8 Å². The number of hydrogen-bond donors (Lipinski definition) is 1. The number of thiol groups is 1. The number of ether oxygens (including phenoxy) is 2. The highest BCUT2D eigenvalue weighted by Gasteiger charge is 2.32. The molecule has 4 rings (SSSR count). The number of esters is 1. The molecule has 0 atom stereocenters. The van der Waals surface area contributed by atoms with Crippen molar-refractivity contribution in [3.8, 4) is 11.4 Å². The number of rotatable bonds is 5. The molecule has 0 radical (unpaired) electrons. The topological polar surface area (TPSA) is 73.7 Å². The first-order chi connectivity index (χ1) is 15.0. The lowest BCUT2D eigenvalue weighted by Crippen LogP contribution is -2.37. The maximum atomic E-state index is 13.1. The number of hydrogen-bond acceptors (Lipinski definition) is 6. The number of carbonyl (C=O) groups excluding carboxylic acids is 2. The smallest absolute Gasteiger partial charge is 0.359 e. The van der Waals surface area contributed by atoms with Crippen LogP contribution in [0.1, 0.15) is 39.0 Å². The van der Waals surface area contributed by atoms with Gasteiger partial charge >= 0.3 is 5.97 Å². The van der Waals surface area contributed by atoms with E-state index in [1.54, 1.807) is 35.7 Å². The lowest BCUT2D eigenvalue weighted by molar-refractivity contribution is 0.0513. The predicted octanol–water partition coefficient (Wildman–Crippen LogP) is 3.54. The van der Waals surface area contributed by atoms with Crippen LogP contribution in [0.2, 0.25) is 0 Å². The van der Waals surface area contributed by atoms with Crippen LogP contribution in [0.3, 0.4) is 0 Å². The largest absolute Gasteiger partial charge is 0.497 e. The van der Waals surface area contributed by atoms with Crippen LogP contribution in [0.4, 0.5) is 0 Å². The minimum atomic E-state index is -0.491. The van der Waals surface area contributed by atoms with Gasteiger partial charge < -0.3 is 14.4 Å². The molecule has 1 aliphatic heterocycles. The second kappa shape index (κ2) is 8.85. The van der Waals surface area contributed by atoms with E-state index in [1.807, 2.05) is 36.4 Å². The Bertz CT molecular complexity index is 1120. The number of benzene rings is 2. The van der Waals surface area contributed by atoms with Gasteiger partial charge in [0.2, 0.25) is 0 Å². The second-order valence-corrected chi connectivity index (χ2v) is 7.58. The van der Waals surface area contributed by atoms with Crippen molar-refractivity contribution in [2.24, 2.45) is 0 Å². The number of fused-ring (bicyclic) bond motifs is 1. The summed E-state index contributed by atoms with van der Waals surface area (Å²) in [5, 5.41) is 4.57. The fourth-order valence-electron chi connectivity index (χ4n) is 3.72. The van der Waals surface area contributed by atoms with E-state index in [0.717, 1.165) is 17.1 Å². The summed E-state index contributed by atoms with van der Waals surface area (Å²) in [5.41, 5.74) is 3.20. The zero-order valence-electron chi connectivity index (χ0n) is 17.4. The van der Waals surface area contributed by atoms with Gasteiger partial charge in [0.05, 0.1) is 37.2 Å². The number of carbonyl (C=O) groups is 2. The van der Waals surface area contributed by atoms with E-state index in [0.29, 0.717) is 29.0 Å². The fourth-order valence-corrected chi connectivity index (χ4v) is 3.97. The Balaban J connectivity index is 1.72. The van der Waals surface area contributed by atoms with Crippen molar-refractivity contribution in [2.75, 3.05) is 20.3 Å². The molecule has 1 aliphatic rings. The molecule has 0 aliphatic carbocycles. The van der Waals surface area contributed by atoms with Crippen LogP contribution in [0, 0.1) is 0 Å². The van der Waals surface area contributed by atoms with E-state index in [2.05, 4.69) is 17.7 Å². The number of amides is 1. The third-order valence-corrected chi connectivity index (χ3v) is 5.65. The SMILES string of the molecule is CCOC(=O)c1nn(-c2ccc(OC)cc2)c2c1CN(C(=O)c1ccccc1S)CC2. The maximum Gasteiger partial charge on any atom is 0.359 e. The molecule has 0 spiro atoms. The molecule has 0 unspecified atom stereocenters. The minimum Gasteiger partial charge on any atom is -0.497 e. The van der Waals surface area contributed by atoms with Gasteiger partial charge in [0, 0.05) is 23.4 Å². The van der Waals surface area contributed by atoms with Crippen molar-refractivity contribution >= 4 is 24.5 Å². The molecule has 0 fully saturated rings. The number of methoxy groups -OCH3 is 1. The summed E-state index contributed by atoms with van der Waals surface area (Å²) in [7, 11) is 1.61. The molecule has 0 saturated carbocycles. The van der Waals surface area contributed by atoms with Gasteiger partial charge in [-0.1, -0.05) is 12.1 Å². The van der Waals surface area contributed by atoms with Crippen molar-refractivity contribution < 1.29 is 19.1 Å². The molecule has 2 heterocycles. The summed E-state index contributed by atoms with van der Waals surface area (Å²) in [4.78, 5) is 28.1. The number of nitrogens with zero attached hydrogens (tertiary/aromatic N) is 3. The van der Waals surface area contributed by atoms with Crippen LogP contribution in [0.5, 0.6) is 5.75 Å². The van der Waals surface area contributed by atoms with Gasteiger partial charge in [-0.05, 0) is 43.3 Å². The molecule has 3 aromatic rings. The van der Waals surface area contributed by atoms with Crippen LogP contribution < -0.4 is 4.74 Å². The van der Waals surface area contributed by atoms with Crippen molar-refractivity contribution in [1.82, 2.24) is 14.7 Å². The molecule has 7 nitrogen and oxygen atoms in total. The summed E-state index contributed by atoms with van der Waals surface area (Å²) in [6.45, 7) is 2.79. The van der Waals surface area contributed by atoms with Gasteiger partial charge in [0.1, 0.15) is 5.75 Å². The first kappa shape index (κ1) is 21.0. The van der Waals surface area contributed by atoms with Crippen LogP contribution in [-0.2, 0) is 17.7 Å². The van der Waals surface area contributed by atoms with E-state index in [9.17, 15) is 9.59 Å². The second-order valence-electron chi connectivity index (χ2n) is 7.10. The Kier molecular flexibility index (Phi) is 5.99. The highest BCUT2D eigenvalue weighted by Crippen LogP contribution is 2.28. The third kappa shape index (κ3) is 4.03. The molecule has 1 aromatic heterocycles. The van der Waals surface area contributed by atoms with Gasteiger partial charge in [0.15, 0.2) is 5.69 Å². The van der Waals surface area contributed by atoms with Gasteiger partial charge in [-0.25, -0.2) is 9.48 Å². The van der Waals surface area contributed by atoms with E-state index < -0.39 is 5.97 Å². The van der Waals surface area contributed by atoms with Gasteiger partial charge in [-0.2, -0.15) is 5.10 Å². The minimum absolute atomic E-state index is 0.122. The normalized spacial score (nSPS) is 12.9. The van der Waals surface area contributed by atoms with Crippen molar-refractivity contribution in [2.45, 2.75) is 24.8 Å². The molecule has 0 saturated heterocycles. The number of aromatic nitrogens is 2. The van der Waals surface area contributed by atoms with Crippen LogP contribution in [-0.4, -0.2) is 46.8 Å². The molecule has 2 aromatic carbocycles. The highest BCUT2D eigenvalue weighted by molar-refractivity contribution is 7.80. The van der Waals surface area contributed by atoms with Crippen molar-refractivity contribution in [3.05, 3.63) is 71.0 Å². The van der Waals surface area contributed by atoms with Gasteiger partial charge in [-0.3, -0.25) is 4.79 Å². The quantitative estimate of drug-likeness (QED) is 0.488. The summed E-state index contributed by atoms with van der Waals surface area (Å²) in [5.74, 6) is 0.121. The maximum absolute atomic E-state index is 13.1. The lowest BCUT2D eigenvalue weighted by atomic mass is 10.0. The van der Waals surface area contributed by atoms with Gasteiger partial charge in [-0.15, -0.1) is 12.6 Å². The Morgan fingerprint density at radius 3 is 2.55 bits per heavy atom. The average molecular weight is 438 g/mol. The third-order valence-electron chi connectivity index (χ3n) is 5.26. The van der Waals surface area contributed by atoms with Crippen LogP contribution >= 0.6 is 12.6 Å². The summed E-state index contributed by atoms with van der Waals surface area (Å²) in [6.07, 6.45) is 0.564. The van der Waals surface area contributed by atoms with E-state index in [4.69, 9.17) is 9.47 Å². The molecule has 0 bridgehead atoms. The molecule has 8 heteroatoms. The molecule has 0 N–H and O–H groups in total. The zero-order chi connectivity index (χ0) is 22.0. The fraction of sp³-hybridized carbons (Fsp3) is 0.261. The summed E-state index contributed by atoms with van der Waals surface area (Å²) < 4.78 is 12.2.